The summed E-state index contributed by atoms with van der Waals surface area (Å²) in [6.45, 7) is 6.70. The summed E-state index contributed by atoms with van der Waals surface area (Å²) in [5, 5.41) is 3.53. The third kappa shape index (κ3) is 2.25. The van der Waals surface area contributed by atoms with Crippen molar-refractivity contribution < 1.29 is 0 Å². The van der Waals surface area contributed by atoms with Gasteiger partial charge in [-0.1, -0.05) is 13.8 Å². The zero-order valence-electron chi connectivity index (χ0n) is 10.4. The number of aromatic nitrogens is 1. The molecule has 1 unspecified atom stereocenters. The van der Waals surface area contributed by atoms with Crippen molar-refractivity contribution in [1.82, 2.24) is 15.2 Å². The molecule has 0 aromatic carbocycles. The van der Waals surface area contributed by atoms with E-state index in [1.165, 1.54) is 5.56 Å². The molecular weight excluding hydrogens is 198 g/mol. The fourth-order valence-corrected chi connectivity index (χ4v) is 2.53. The molecule has 0 spiro atoms. The highest BCUT2D eigenvalue weighted by Gasteiger charge is 2.29. The van der Waals surface area contributed by atoms with Gasteiger partial charge in [0.1, 0.15) is 0 Å². The van der Waals surface area contributed by atoms with Gasteiger partial charge in [-0.05, 0) is 30.7 Å². The quantitative estimate of drug-likeness (QED) is 0.820. The third-order valence-corrected chi connectivity index (χ3v) is 3.57. The lowest BCUT2D eigenvalue weighted by Crippen LogP contribution is -2.53. The van der Waals surface area contributed by atoms with Crippen molar-refractivity contribution in [2.75, 3.05) is 20.1 Å². The normalized spacial score (nSPS) is 27.2. The molecule has 2 rings (SSSR count). The number of hydrogen-bond acceptors (Lipinski definition) is 3. The van der Waals surface area contributed by atoms with Crippen molar-refractivity contribution in [2.24, 2.45) is 5.92 Å². The first-order valence-corrected chi connectivity index (χ1v) is 6.02. The van der Waals surface area contributed by atoms with E-state index in [4.69, 9.17) is 0 Å². The van der Waals surface area contributed by atoms with E-state index >= 15 is 0 Å². The Hall–Kier alpha value is -0.930. The van der Waals surface area contributed by atoms with Gasteiger partial charge in [-0.2, -0.15) is 0 Å². The first kappa shape index (κ1) is 11.6. The smallest absolute Gasteiger partial charge is 0.0474 e. The number of pyridine rings is 1. The molecule has 0 bridgehead atoms. The van der Waals surface area contributed by atoms with Gasteiger partial charge in [-0.25, -0.2) is 0 Å². The molecule has 1 aliphatic rings. The maximum absolute atomic E-state index is 4.08. The molecule has 88 valence electrons. The molecule has 1 fully saturated rings. The first-order valence-electron chi connectivity index (χ1n) is 6.02. The lowest BCUT2D eigenvalue weighted by atomic mass is 9.95. The average Bonchev–Trinajstić information content (AvgIpc) is 2.30. The van der Waals surface area contributed by atoms with E-state index < -0.39 is 0 Å². The molecule has 1 aromatic rings. The van der Waals surface area contributed by atoms with Crippen LogP contribution in [0.5, 0.6) is 0 Å². The van der Waals surface area contributed by atoms with Crippen molar-refractivity contribution in [3.05, 3.63) is 30.1 Å². The lowest BCUT2D eigenvalue weighted by Gasteiger charge is -2.42. The van der Waals surface area contributed by atoms with Gasteiger partial charge in [0.05, 0.1) is 0 Å². The summed E-state index contributed by atoms with van der Waals surface area (Å²) in [5.41, 5.74) is 1.36. The maximum Gasteiger partial charge on any atom is 0.0474 e. The van der Waals surface area contributed by atoms with Gasteiger partial charge in [0.15, 0.2) is 0 Å². The predicted molar refractivity (Wildman–Crippen MR) is 66.2 cm³/mol. The molecular formula is C13H21N3. The van der Waals surface area contributed by atoms with Crippen LogP contribution in [0.2, 0.25) is 0 Å². The Balaban J connectivity index is 2.16. The van der Waals surface area contributed by atoms with E-state index in [2.05, 4.69) is 48.2 Å². The van der Waals surface area contributed by atoms with Crippen LogP contribution in [-0.4, -0.2) is 36.1 Å². The van der Waals surface area contributed by atoms with Crippen LogP contribution in [0.3, 0.4) is 0 Å². The zero-order chi connectivity index (χ0) is 11.5. The second kappa shape index (κ2) is 4.93. The van der Waals surface area contributed by atoms with Gasteiger partial charge in [-0.3, -0.25) is 9.88 Å². The summed E-state index contributed by atoms with van der Waals surface area (Å²) >= 11 is 0. The summed E-state index contributed by atoms with van der Waals surface area (Å²) in [5.74, 6) is 0.683. The van der Waals surface area contributed by atoms with Gasteiger partial charge in [0.2, 0.25) is 0 Å². The SMILES string of the molecule is CC(C)[C@H]1CNCC(c2ccncc2)N1C. The van der Waals surface area contributed by atoms with Gasteiger partial charge in [0, 0.05) is 37.6 Å². The fraction of sp³-hybridized carbons (Fsp3) is 0.615. The first-order chi connectivity index (χ1) is 7.70. The second-order valence-corrected chi connectivity index (χ2v) is 4.93. The van der Waals surface area contributed by atoms with Crippen LogP contribution in [0.15, 0.2) is 24.5 Å². The van der Waals surface area contributed by atoms with Gasteiger partial charge in [-0.15, -0.1) is 0 Å². The minimum absolute atomic E-state index is 0.476. The number of likely N-dealkylation sites (N-methyl/N-ethyl adjacent to an activating group) is 1. The van der Waals surface area contributed by atoms with Crippen molar-refractivity contribution in [3.63, 3.8) is 0 Å². The Labute approximate surface area is 97.9 Å². The Morgan fingerprint density at radius 2 is 2.00 bits per heavy atom. The molecule has 3 nitrogen and oxygen atoms in total. The Morgan fingerprint density at radius 3 is 2.62 bits per heavy atom. The minimum atomic E-state index is 0.476. The van der Waals surface area contributed by atoms with Crippen LogP contribution in [0.1, 0.15) is 25.5 Å². The van der Waals surface area contributed by atoms with Crippen molar-refractivity contribution in [3.8, 4) is 0 Å². The van der Waals surface area contributed by atoms with Crippen molar-refractivity contribution >= 4 is 0 Å². The van der Waals surface area contributed by atoms with Crippen LogP contribution in [-0.2, 0) is 0 Å². The zero-order valence-corrected chi connectivity index (χ0v) is 10.4. The molecule has 0 aliphatic carbocycles. The molecule has 2 atom stereocenters. The molecule has 2 heterocycles. The highest BCUT2D eigenvalue weighted by Crippen LogP contribution is 2.25. The standard InChI is InChI=1S/C13H21N3/c1-10(2)12-8-15-9-13(16(12)3)11-4-6-14-7-5-11/h4-7,10,12-13,15H,8-9H2,1-3H3/t12-,13?/m1/s1. The highest BCUT2D eigenvalue weighted by molar-refractivity contribution is 5.17. The van der Waals surface area contributed by atoms with Gasteiger partial charge >= 0.3 is 0 Å². The van der Waals surface area contributed by atoms with Crippen molar-refractivity contribution in [2.45, 2.75) is 25.9 Å². The third-order valence-electron chi connectivity index (χ3n) is 3.57. The molecule has 0 saturated carbocycles. The van der Waals surface area contributed by atoms with Gasteiger partial charge < -0.3 is 5.32 Å². The van der Waals surface area contributed by atoms with Crippen LogP contribution in [0.25, 0.3) is 0 Å². The van der Waals surface area contributed by atoms with E-state index in [1.54, 1.807) is 0 Å². The topological polar surface area (TPSA) is 28.2 Å². The highest BCUT2D eigenvalue weighted by atomic mass is 15.2. The van der Waals surface area contributed by atoms with E-state index in [0.717, 1.165) is 13.1 Å². The molecule has 1 aliphatic heterocycles. The lowest BCUT2D eigenvalue weighted by molar-refractivity contribution is 0.0978. The van der Waals surface area contributed by atoms with Crippen molar-refractivity contribution in [1.29, 1.82) is 0 Å². The number of nitrogens with one attached hydrogen (secondary N) is 1. The largest absolute Gasteiger partial charge is 0.313 e. The van der Waals surface area contributed by atoms with Crippen LogP contribution in [0.4, 0.5) is 0 Å². The minimum Gasteiger partial charge on any atom is -0.313 e. The maximum atomic E-state index is 4.08. The summed E-state index contributed by atoms with van der Waals surface area (Å²) in [6, 6.07) is 5.33. The summed E-state index contributed by atoms with van der Waals surface area (Å²) in [6.07, 6.45) is 3.75. The average molecular weight is 219 g/mol. The Kier molecular flexibility index (Phi) is 3.56. The number of rotatable bonds is 2. The van der Waals surface area contributed by atoms with E-state index in [9.17, 15) is 0 Å². The summed E-state index contributed by atoms with van der Waals surface area (Å²) < 4.78 is 0. The molecule has 1 aromatic heterocycles. The molecule has 1 saturated heterocycles. The molecule has 1 N–H and O–H groups in total. The van der Waals surface area contributed by atoms with Crippen LogP contribution < -0.4 is 5.32 Å². The number of piperazine rings is 1. The van der Waals surface area contributed by atoms with E-state index in [-0.39, 0.29) is 0 Å². The second-order valence-electron chi connectivity index (χ2n) is 4.93. The number of nitrogens with zero attached hydrogens (tertiary/aromatic N) is 2. The van der Waals surface area contributed by atoms with Gasteiger partial charge in [0.25, 0.3) is 0 Å². The van der Waals surface area contributed by atoms with E-state index in [0.29, 0.717) is 18.0 Å². The van der Waals surface area contributed by atoms with E-state index in [1.807, 2.05) is 12.4 Å². The fourth-order valence-electron chi connectivity index (χ4n) is 2.53. The molecule has 0 radical (unpaired) electrons. The summed E-state index contributed by atoms with van der Waals surface area (Å²) in [4.78, 5) is 6.58. The Bertz CT molecular complexity index is 323. The summed E-state index contributed by atoms with van der Waals surface area (Å²) in [7, 11) is 2.23. The van der Waals surface area contributed by atoms with Crippen LogP contribution in [0, 0.1) is 5.92 Å². The predicted octanol–water partition coefficient (Wildman–Crippen LogP) is 1.68. The Morgan fingerprint density at radius 1 is 1.31 bits per heavy atom. The molecule has 16 heavy (non-hydrogen) atoms. The molecule has 0 amide bonds. The molecule has 3 heteroatoms. The number of hydrogen-bond donors (Lipinski definition) is 1. The monoisotopic (exact) mass is 219 g/mol. The van der Waals surface area contributed by atoms with Crippen LogP contribution >= 0.6 is 0 Å².